The largest absolute Gasteiger partial charge is 0.465 e. The molecule has 1 aromatic rings. The van der Waals surface area contributed by atoms with E-state index in [9.17, 15) is 4.79 Å². The molecule has 1 rings (SSSR count). The van der Waals surface area contributed by atoms with Crippen LogP contribution in [-0.2, 0) is 9.53 Å². The summed E-state index contributed by atoms with van der Waals surface area (Å²) in [6, 6.07) is 0. The third-order valence-corrected chi connectivity index (χ3v) is 4.06. The summed E-state index contributed by atoms with van der Waals surface area (Å²) in [6.45, 7) is 3.78. The zero-order valence-corrected chi connectivity index (χ0v) is 15.8. The highest BCUT2D eigenvalue weighted by Gasteiger charge is 2.17. The summed E-state index contributed by atoms with van der Waals surface area (Å²) in [5, 5.41) is 3.64. The molecule has 0 unspecified atom stereocenters. The first-order valence-electron chi connectivity index (χ1n) is 7.25. The van der Waals surface area contributed by atoms with Crippen LogP contribution in [0, 0.1) is 0 Å². The van der Waals surface area contributed by atoms with Gasteiger partial charge in [-0.25, -0.2) is 0 Å². The Balaban J connectivity index is 2.92. The van der Waals surface area contributed by atoms with Gasteiger partial charge in [-0.05, 0) is 27.3 Å². The van der Waals surface area contributed by atoms with Crippen molar-refractivity contribution in [3.63, 3.8) is 0 Å². The Bertz CT molecular complexity index is 530. The number of thioether (sulfide) groups is 1. The van der Waals surface area contributed by atoms with Crippen LogP contribution in [-0.4, -0.2) is 74.5 Å². The van der Waals surface area contributed by atoms with Crippen molar-refractivity contribution in [2.75, 3.05) is 63.9 Å². The van der Waals surface area contributed by atoms with Gasteiger partial charge in [0.25, 0.3) is 0 Å². The van der Waals surface area contributed by atoms with Gasteiger partial charge in [0.05, 0.1) is 11.5 Å². The van der Waals surface area contributed by atoms with Gasteiger partial charge in [-0.2, -0.15) is 9.97 Å². The molecule has 0 aliphatic rings. The third kappa shape index (κ3) is 6.40. The highest BCUT2D eigenvalue weighted by atomic mass is 35.5. The number of anilines is 2. The van der Waals surface area contributed by atoms with E-state index in [4.69, 9.17) is 16.3 Å². The van der Waals surface area contributed by atoms with Crippen molar-refractivity contribution in [1.82, 2.24) is 14.9 Å². The highest BCUT2D eigenvalue weighted by molar-refractivity contribution is 7.98. The van der Waals surface area contributed by atoms with Gasteiger partial charge >= 0.3 is 5.97 Å². The number of hydrogen-bond donors (Lipinski definition) is 1. The minimum absolute atomic E-state index is 0.0694. The monoisotopic (exact) mass is 361 g/mol. The van der Waals surface area contributed by atoms with Gasteiger partial charge in [0.2, 0.25) is 5.95 Å². The van der Waals surface area contributed by atoms with E-state index in [1.54, 1.807) is 18.9 Å². The maximum absolute atomic E-state index is 11.6. The Kier molecular flexibility index (Phi) is 8.43. The Hall–Kier alpha value is -1.25. The lowest BCUT2D eigenvalue weighted by molar-refractivity contribution is -0.141. The molecule has 0 saturated carbocycles. The number of ether oxygens (including phenoxy) is 1. The molecule has 0 spiro atoms. The van der Waals surface area contributed by atoms with Crippen molar-refractivity contribution >= 4 is 41.1 Å². The number of aromatic nitrogens is 2. The number of rotatable bonds is 9. The summed E-state index contributed by atoms with van der Waals surface area (Å²) < 4.78 is 4.94. The minimum atomic E-state index is -0.328. The number of nitrogens with zero attached hydrogens (tertiary/aromatic N) is 4. The molecule has 1 heterocycles. The Morgan fingerprint density at radius 2 is 2.04 bits per heavy atom. The second kappa shape index (κ2) is 9.79. The minimum Gasteiger partial charge on any atom is -0.465 e. The normalized spacial score (nSPS) is 10.7. The summed E-state index contributed by atoms with van der Waals surface area (Å²) in [6.07, 6.45) is 1.92. The van der Waals surface area contributed by atoms with E-state index in [-0.39, 0.29) is 12.5 Å². The predicted molar refractivity (Wildman–Crippen MR) is 95.8 cm³/mol. The van der Waals surface area contributed by atoms with E-state index in [2.05, 4.69) is 20.2 Å². The number of nitrogens with one attached hydrogen (secondary N) is 1. The second-order valence-corrected chi connectivity index (χ2v) is 6.26. The molecular weight excluding hydrogens is 338 g/mol. The Morgan fingerprint density at radius 3 is 2.61 bits per heavy atom. The SMILES string of the molecule is CCOC(=O)CN(C)c1nc(Cl)c(SC)c(NCCN(C)C)n1. The van der Waals surface area contributed by atoms with Crippen LogP contribution in [0.2, 0.25) is 5.15 Å². The number of carbonyl (C=O) groups is 1. The summed E-state index contributed by atoms with van der Waals surface area (Å²) in [4.78, 5) is 24.8. The lowest BCUT2D eigenvalue weighted by Crippen LogP contribution is -2.29. The van der Waals surface area contributed by atoms with Crippen LogP contribution in [0.5, 0.6) is 0 Å². The van der Waals surface area contributed by atoms with Gasteiger partial charge in [0.15, 0.2) is 0 Å². The lowest BCUT2D eigenvalue weighted by Gasteiger charge is -2.19. The Morgan fingerprint density at radius 1 is 1.35 bits per heavy atom. The van der Waals surface area contributed by atoms with Crippen molar-refractivity contribution in [2.24, 2.45) is 0 Å². The van der Waals surface area contributed by atoms with E-state index in [0.717, 1.165) is 18.0 Å². The van der Waals surface area contributed by atoms with Crippen LogP contribution in [0.15, 0.2) is 4.90 Å². The number of hydrogen-bond acceptors (Lipinski definition) is 8. The predicted octanol–water partition coefficient (Wildman–Crippen LogP) is 1.82. The van der Waals surface area contributed by atoms with Crippen LogP contribution in [0.25, 0.3) is 0 Å². The van der Waals surface area contributed by atoms with Gasteiger partial charge in [0.1, 0.15) is 17.5 Å². The summed E-state index contributed by atoms with van der Waals surface area (Å²) in [5.41, 5.74) is 0. The standard InChI is InChI=1S/C14H24ClN5O2S/c1-6-22-10(21)9-20(4)14-17-12(15)11(23-5)13(18-14)16-7-8-19(2)3/h6-9H2,1-5H3,(H,16,17,18). The summed E-state index contributed by atoms with van der Waals surface area (Å²) >= 11 is 7.73. The van der Waals surface area contributed by atoms with Gasteiger partial charge < -0.3 is 19.9 Å². The molecule has 0 aliphatic carbocycles. The molecule has 0 amide bonds. The molecule has 1 aromatic heterocycles. The van der Waals surface area contributed by atoms with Crippen LogP contribution in [0.3, 0.4) is 0 Å². The van der Waals surface area contributed by atoms with Crippen LogP contribution in [0.1, 0.15) is 6.92 Å². The summed E-state index contributed by atoms with van der Waals surface area (Å²) in [7, 11) is 5.73. The second-order valence-electron chi connectivity index (χ2n) is 5.09. The van der Waals surface area contributed by atoms with Crippen molar-refractivity contribution in [3.05, 3.63) is 5.15 Å². The molecule has 0 atom stereocenters. The lowest BCUT2D eigenvalue weighted by atomic mass is 10.5. The maximum atomic E-state index is 11.6. The molecule has 0 aromatic carbocycles. The smallest absolute Gasteiger partial charge is 0.325 e. The molecule has 1 N–H and O–H groups in total. The first-order valence-corrected chi connectivity index (χ1v) is 8.86. The maximum Gasteiger partial charge on any atom is 0.325 e. The van der Waals surface area contributed by atoms with Crippen LogP contribution >= 0.6 is 23.4 Å². The molecule has 130 valence electrons. The molecule has 0 fully saturated rings. The first-order chi connectivity index (χ1) is 10.9. The van der Waals surface area contributed by atoms with Crippen LogP contribution < -0.4 is 10.2 Å². The number of esters is 1. The molecular formula is C14H24ClN5O2S. The van der Waals surface area contributed by atoms with E-state index >= 15 is 0 Å². The number of likely N-dealkylation sites (N-methyl/N-ethyl adjacent to an activating group) is 2. The van der Waals surface area contributed by atoms with Crippen molar-refractivity contribution in [3.8, 4) is 0 Å². The van der Waals surface area contributed by atoms with Crippen molar-refractivity contribution < 1.29 is 9.53 Å². The quantitative estimate of drug-likeness (QED) is 0.406. The topological polar surface area (TPSA) is 70.6 Å². The molecule has 9 heteroatoms. The van der Waals surface area contributed by atoms with E-state index < -0.39 is 0 Å². The zero-order chi connectivity index (χ0) is 17.4. The summed E-state index contributed by atoms with van der Waals surface area (Å²) in [5.74, 6) is 0.726. The molecule has 0 bridgehead atoms. The van der Waals surface area contributed by atoms with Gasteiger partial charge in [-0.15, -0.1) is 11.8 Å². The van der Waals surface area contributed by atoms with Crippen LogP contribution in [0.4, 0.5) is 11.8 Å². The van der Waals surface area contributed by atoms with Crippen molar-refractivity contribution in [2.45, 2.75) is 11.8 Å². The zero-order valence-electron chi connectivity index (χ0n) is 14.2. The number of carbonyl (C=O) groups excluding carboxylic acids is 1. The molecule has 23 heavy (non-hydrogen) atoms. The molecule has 0 radical (unpaired) electrons. The van der Waals surface area contributed by atoms with Gasteiger partial charge in [0, 0.05) is 20.1 Å². The fourth-order valence-electron chi connectivity index (χ4n) is 1.75. The Labute approximate surface area is 146 Å². The average molecular weight is 362 g/mol. The van der Waals surface area contributed by atoms with E-state index in [0.29, 0.717) is 23.5 Å². The fourth-order valence-corrected chi connectivity index (χ4v) is 2.67. The van der Waals surface area contributed by atoms with Gasteiger partial charge in [-0.3, -0.25) is 4.79 Å². The molecule has 0 aliphatic heterocycles. The number of halogens is 1. The van der Waals surface area contributed by atoms with Gasteiger partial charge in [-0.1, -0.05) is 11.6 Å². The van der Waals surface area contributed by atoms with E-state index in [1.165, 1.54) is 11.8 Å². The third-order valence-electron chi connectivity index (χ3n) is 2.88. The van der Waals surface area contributed by atoms with Crippen molar-refractivity contribution in [1.29, 1.82) is 0 Å². The first kappa shape index (κ1) is 19.8. The fraction of sp³-hybridized carbons (Fsp3) is 0.643. The highest BCUT2D eigenvalue weighted by Crippen LogP contribution is 2.31. The average Bonchev–Trinajstić information content (AvgIpc) is 2.46. The molecule has 0 saturated heterocycles. The van der Waals surface area contributed by atoms with E-state index in [1.807, 2.05) is 20.4 Å². The molecule has 7 nitrogen and oxygen atoms in total.